The first-order chi connectivity index (χ1) is 15.8. The predicted molar refractivity (Wildman–Crippen MR) is 140 cm³/mol. The van der Waals surface area contributed by atoms with E-state index in [1.165, 1.54) is 0 Å². The standard InChI is InChI=1S/C14H24O3.C13H22O4.CH4/c1-5-6-7-9-12(15)10-8-11-17-13(16)14(2,3)4;1-13(2,3)12(16)17-10-6-8-11(15)7-4-5-9-14;/h12,15H,5,8-11H2,1-4H3;11,14-15H,6-10H2,1-3H3;1H4/t12-;11-;/m11./s1. The van der Waals surface area contributed by atoms with Crippen molar-refractivity contribution in [2.24, 2.45) is 10.8 Å². The van der Waals surface area contributed by atoms with Gasteiger partial charge in [0.05, 0.1) is 36.3 Å². The number of aliphatic hydroxyl groups excluding tert-OH is 3. The Morgan fingerprint density at radius 2 is 1.11 bits per heavy atom. The second-order valence-electron chi connectivity index (χ2n) is 9.99. The number of hydrogen-bond acceptors (Lipinski definition) is 7. The van der Waals surface area contributed by atoms with Gasteiger partial charge in [-0.2, -0.15) is 0 Å². The Hall–Kier alpha value is -2.06. The van der Waals surface area contributed by atoms with Crippen LogP contribution in [0.5, 0.6) is 0 Å². The summed E-state index contributed by atoms with van der Waals surface area (Å²) in [4.78, 5) is 22.8. The number of carbonyl (C=O) groups excluding carboxylic acids is 2. The van der Waals surface area contributed by atoms with E-state index in [-0.39, 0.29) is 26.0 Å². The molecule has 2 atom stereocenters. The highest BCUT2D eigenvalue weighted by molar-refractivity contribution is 5.75. The van der Waals surface area contributed by atoms with Crippen LogP contribution >= 0.6 is 0 Å². The molecule has 0 amide bonds. The van der Waals surface area contributed by atoms with Gasteiger partial charge in [-0.15, -0.1) is 11.8 Å². The van der Waals surface area contributed by atoms with Crippen molar-refractivity contribution in [2.75, 3.05) is 19.8 Å². The molecule has 0 aliphatic rings. The van der Waals surface area contributed by atoms with Crippen LogP contribution in [0.1, 0.15) is 101 Å². The Kier molecular flexibility index (Phi) is 22.8. The van der Waals surface area contributed by atoms with Crippen LogP contribution < -0.4 is 0 Å². The predicted octanol–water partition coefficient (Wildman–Crippen LogP) is 4.26. The SMILES string of the molecule is C.CC(C)(C)C(=O)OCCC[C@H](O)CC#CCO.CCC#CC[C@@H](O)CCCOC(=O)C(C)(C)C. The molecular formula is C28H50O7. The van der Waals surface area contributed by atoms with E-state index in [4.69, 9.17) is 14.6 Å². The van der Waals surface area contributed by atoms with Gasteiger partial charge in [-0.1, -0.05) is 26.2 Å². The Balaban J connectivity index is -0.000000569. The molecule has 0 rings (SSSR count). The highest BCUT2D eigenvalue weighted by Gasteiger charge is 2.23. The molecule has 0 saturated heterocycles. The number of aliphatic hydroxyl groups is 3. The highest BCUT2D eigenvalue weighted by Crippen LogP contribution is 2.16. The summed E-state index contributed by atoms with van der Waals surface area (Å²) in [6, 6.07) is 0. The van der Waals surface area contributed by atoms with Gasteiger partial charge in [0.2, 0.25) is 0 Å². The van der Waals surface area contributed by atoms with Crippen LogP contribution in [0.2, 0.25) is 0 Å². The van der Waals surface area contributed by atoms with Gasteiger partial charge < -0.3 is 24.8 Å². The average molecular weight is 499 g/mol. The molecule has 0 aliphatic carbocycles. The second-order valence-corrected chi connectivity index (χ2v) is 9.99. The van der Waals surface area contributed by atoms with E-state index in [1.54, 1.807) is 20.8 Å². The van der Waals surface area contributed by atoms with Crippen LogP contribution in [-0.4, -0.2) is 59.3 Å². The summed E-state index contributed by atoms with van der Waals surface area (Å²) in [5.74, 6) is 10.5. The summed E-state index contributed by atoms with van der Waals surface area (Å²) in [6.07, 6.45) is 3.17. The molecule has 7 nitrogen and oxygen atoms in total. The van der Waals surface area contributed by atoms with Crippen molar-refractivity contribution in [3.8, 4) is 23.7 Å². The zero-order valence-electron chi connectivity index (χ0n) is 22.2. The molecule has 0 aromatic carbocycles. The third-order valence-electron chi connectivity index (χ3n) is 4.24. The molecule has 0 unspecified atom stereocenters. The molecule has 35 heavy (non-hydrogen) atoms. The minimum Gasteiger partial charge on any atom is -0.465 e. The average Bonchev–Trinajstić information content (AvgIpc) is 2.73. The topological polar surface area (TPSA) is 113 Å². The molecule has 0 aromatic rings. The maximum Gasteiger partial charge on any atom is 0.311 e. The smallest absolute Gasteiger partial charge is 0.311 e. The van der Waals surface area contributed by atoms with E-state index in [1.807, 2.05) is 27.7 Å². The van der Waals surface area contributed by atoms with Gasteiger partial charge in [-0.3, -0.25) is 9.59 Å². The third kappa shape index (κ3) is 24.9. The lowest BCUT2D eigenvalue weighted by Gasteiger charge is -2.16. The Labute approximate surface area is 214 Å². The molecule has 0 fully saturated rings. The first kappa shape index (κ1) is 37.5. The molecule has 0 bridgehead atoms. The van der Waals surface area contributed by atoms with E-state index >= 15 is 0 Å². The Morgan fingerprint density at radius 1 is 0.743 bits per heavy atom. The zero-order valence-corrected chi connectivity index (χ0v) is 22.2. The molecule has 0 heterocycles. The number of ether oxygens (including phenoxy) is 2. The quantitative estimate of drug-likeness (QED) is 0.234. The molecule has 0 aromatic heterocycles. The van der Waals surface area contributed by atoms with Gasteiger partial charge in [-0.05, 0) is 67.2 Å². The normalized spacial score (nSPS) is 12.2. The largest absolute Gasteiger partial charge is 0.465 e. The van der Waals surface area contributed by atoms with E-state index < -0.39 is 23.0 Å². The van der Waals surface area contributed by atoms with Crippen LogP contribution in [0, 0.1) is 34.5 Å². The first-order valence-electron chi connectivity index (χ1n) is 12.0. The van der Waals surface area contributed by atoms with Crippen LogP contribution in [0.4, 0.5) is 0 Å². The van der Waals surface area contributed by atoms with Crippen LogP contribution in [0.15, 0.2) is 0 Å². The molecule has 0 radical (unpaired) electrons. The lowest BCUT2D eigenvalue weighted by molar-refractivity contribution is -0.153. The summed E-state index contributed by atoms with van der Waals surface area (Å²) in [6.45, 7) is 13.4. The van der Waals surface area contributed by atoms with E-state index in [2.05, 4.69) is 23.7 Å². The van der Waals surface area contributed by atoms with Gasteiger partial charge in [-0.25, -0.2) is 0 Å². The van der Waals surface area contributed by atoms with E-state index in [9.17, 15) is 19.8 Å². The molecule has 0 saturated carbocycles. The number of esters is 2. The van der Waals surface area contributed by atoms with Crippen LogP contribution in [0.25, 0.3) is 0 Å². The minimum absolute atomic E-state index is 0. The number of rotatable bonds is 10. The third-order valence-corrected chi connectivity index (χ3v) is 4.24. The monoisotopic (exact) mass is 498 g/mol. The van der Waals surface area contributed by atoms with Gasteiger partial charge in [0, 0.05) is 19.3 Å². The molecule has 0 spiro atoms. The molecule has 204 valence electrons. The van der Waals surface area contributed by atoms with Gasteiger partial charge >= 0.3 is 11.9 Å². The van der Waals surface area contributed by atoms with Crippen molar-refractivity contribution in [1.82, 2.24) is 0 Å². The van der Waals surface area contributed by atoms with Crippen molar-refractivity contribution in [3.05, 3.63) is 0 Å². The van der Waals surface area contributed by atoms with Gasteiger partial charge in [0.1, 0.15) is 6.61 Å². The van der Waals surface area contributed by atoms with Crippen LogP contribution in [0.3, 0.4) is 0 Å². The molecule has 0 aliphatic heterocycles. The lowest BCUT2D eigenvalue weighted by atomic mass is 9.97. The van der Waals surface area contributed by atoms with Crippen LogP contribution in [-0.2, 0) is 19.1 Å². The summed E-state index contributed by atoms with van der Waals surface area (Å²) in [7, 11) is 0. The van der Waals surface area contributed by atoms with Crippen molar-refractivity contribution in [2.45, 2.75) is 113 Å². The number of carbonyl (C=O) groups is 2. The van der Waals surface area contributed by atoms with E-state index in [0.29, 0.717) is 51.7 Å². The highest BCUT2D eigenvalue weighted by atomic mass is 16.5. The fourth-order valence-corrected chi connectivity index (χ4v) is 2.17. The summed E-state index contributed by atoms with van der Waals surface area (Å²) in [5.41, 5.74) is -0.934. The van der Waals surface area contributed by atoms with Crippen molar-refractivity contribution in [1.29, 1.82) is 0 Å². The Bertz CT molecular complexity index is 619. The number of hydrogen-bond donors (Lipinski definition) is 3. The minimum atomic E-state index is -0.526. The second kappa shape index (κ2) is 21.2. The fourth-order valence-electron chi connectivity index (χ4n) is 2.17. The Morgan fingerprint density at radius 3 is 1.43 bits per heavy atom. The maximum atomic E-state index is 11.4. The molecule has 3 N–H and O–H groups in total. The summed E-state index contributed by atoms with van der Waals surface area (Å²) in [5, 5.41) is 27.5. The molecule has 7 heteroatoms. The summed E-state index contributed by atoms with van der Waals surface area (Å²) < 4.78 is 10.2. The van der Waals surface area contributed by atoms with Gasteiger partial charge in [0.25, 0.3) is 0 Å². The van der Waals surface area contributed by atoms with Crippen molar-refractivity contribution in [3.63, 3.8) is 0 Å². The first-order valence-corrected chi connectivity index (χ1v) is 12.0. The van der Waals surface area contributed by atoms with Gasteiger partial charge in [0.15, 0.2) is 0 Å². The zero-order chi connectivity index (χ0) is 26.6. The maximum absolute atomic E-state index is 11.4. The van der Waals surface area contributed by atoms with Crippen molar-refractivity contribution < 1.29 is 34.4 Å². The molecular weight excluding hydrogens is 448 g/mol. The summed E-state index contributed by atoms with van der Waals surface area (Å²) >= 11 is 0. The van der Waals surface area contributed by atoms with Crippen molar-refractivity contribution >= 4 is 11.9 Å². The lowest BCUT2D eigenvalue weighted by Crippen LogP contribution is -2.23. The van der Waals surface area contributed by atoms with E-state index in [0.717, 1.165) is 6.42 Å². The fraction of sp³-hybridized carbons (Fsp3) is 0.786.